The molecular weight excluding hydrogens is 438 g/mol. The van der Waals surface area contributed by atoms with Crippen LogP contribution in [0.4, 0.5) is 5.69 Å². The van der Waals surface area contributed by atoms with Crippen molar-refractivity contribution in [1.82, 2.24) is 0 Å². The van der Waals surface area contributed by atoms with Gasteiger partial charge in [0.15, 0.2) is 0 Å². The van der Waals surface area contributed by atoms with Gasteiger partial charge < -0.3 is 9.29 Å². The molecule has 3 aromatic rings. The minimum atomic E-state index is -4.87. The molecule has 0 radical (unpaired) electrons. The average molecular weight is 456 g/mol. The van der Waals surface area contributed by atoms with Crippen LogP contribution >= 0.6 is 10.8 Å². The Hall–Kier alpha value is -3.27. The fourth-order valence-corrected chi connectivity index (χ4v) is 5.56. The molecule has 1 aliphatic heterocycles. The van der Waals surface area contributed by atoms with E-state index in [1.54, 1.807) is 13.2 Å². The van der Waals surface area contributed by atoms with Crippen LogP contribution in [-0.2, 0) is 19.1 Å². The van der Waals surface area contributed by atoms with Crippen LogP contribution in [0.5, 0.6) is 0 Å². The number of para-hydroxylation sites is 1. The lowest BCUT2D eigenvalue weighted by Gasteiger charge is -2.20. The number of rotatable bonds is 6. The van der Waals surface area contributed by atoms with Gasteiger partial charge in [-0.3, -0.25) is 0 Å². The summed E-state index contributed by atoms with van der Waals surface area (Å²) in [4.78, 5) is 13.8. The van der Waals surface area contributed by atoms with Crippen molar-refractivity contribution in [3.63, 3.8) is 0 Å². The normalized spacial score (nSPS) is 15.6. The number of methoxy groups -OCH3 is 1. The topological polar surface area (TPSA) is 95.7 Å². The zero-order chi connectivity index (χ0) is 22.0. The Morgan fingerprint density at radius 3 is 2.26 bits per heavy atom. The third-order valence-electron chi connectivity index (χ3n) is 4.57. The van der Waals surface area contributed by atoms with Crippen LogP contribution < -0.4 is 0 Å². The summed E-state index contributed by atoms with van der Waals surface area (Å²) in [7, 11) is -4.52. The number of benzene rings is 3. The highest BCUT2D eigenvalue weighted by Crippen LogP contribution is 2.43. The van der Waals surface area contributed by atoms with Crippen molar-refractivity contribution in [2.75, 3.05) is 7.11 Å². The summed E-state index contributed by atoms with van der Waals surface area (Å²) in [6.45, 7) is 0. The largest absolute Gasteiger partial charge is 0.744 e. The number of hydrogen-bond acceptors (Lipinski definition) is 6. The number of fused-ring (bicyclic) bond motifs is 1. The van der Waals surface area contributed by atoms with E-state index in [0.29, 0.717) is 15.5 Å². The standard InChI is InChI=1S/C22H17NO6S2/c1-28-19-15-21(16-9-3-2-4-10-16)30(20-13-7-5-11-17(19)20)29-23(24)18-12-6-8-14-22(18)31(25,26)27/h2-15H,1H3. The number of nitrogens with zero attached hydrogens (tertiary/aromatic N) is 1. The maximum atomic E-state index is 13.0. The molecule has 0 fully saturated rings. The molecule has 0 bridgehead atoms. The highest BCUT2D eigenvalue weighted by atomic mass is 32.2. The summed E-state index contributed by atoms with van der Waals surface area (Å²) in [5.41, 5.74) is 1.19. The average Bonchev–Trinajstić information content (AvgIpc) is 2.79. The van der Waals surface area contributed by atoms with E-state index in [0.717, 1.165) is 17.2 Å². The molecule has 1 unspecified atom stereocenters. The van der Waals surface area contributed by atoms with Crippen molar-refractivity contribution < 1.29 is 26.9 Å². The first-order valence-corrected chi connectivity index (χ1v) is 11.7. The van der Waals surface area contributed by atoms with Crippen LogP contribution in [0.1, 0.15) is 11.1 Å². The molecule has 9 heteroatoms. The predicted molar refractivity (Wildman–Crippen MR) is 117 cm³/mol. The first-order chi connectivity index (χ1) is 14.9. The van der Waals surface area contributed by atoms with Crippen molar-refractivity contribution in [2.45, 2.75) is 9.79 Å². The fraction of sp³-hybridized carbons (Fsp3) is 0.0455. The molecule has 158 valence electrons. The van der Waals surface area contributed by atoms with Crippen molar-refractivity contribution in [1.29, 1.82) is 0 Å². The minimum Gasteiger partial charge on any atom is -0.744 e. The van der Waals surface area contributed by atoms with Crippen molar-refractivity contribution in [3.05, 3.63) is 101 Å². The summed E-state index contributed by atoms with van der Waals surface area (Å²) < 4.78 is 46.1. The minimum absolute atomic E-state index is 0.0965. The van der Waals surface area contributed by atoms with Gasteiger partial charge in [-0.25, -0.2) is 8.42 Å². The molecule has 0 saturated heterocycles. The lowest BCUT2D eigenvalue weighted by atomic mass is 10.1. The first-order valence-electron chi connectivity index (χ1n) is 9.12. The Balaban J connectivity index is 1.89. The zero-order valence-electron chi connectivity index (χ0n) is 16.3. The molecule has 31 heavy (non-hydrogen) atoms. The Bertz CT molecular complexity index is 1330. The molecule has 0 saturated carbocycles. The van der Waals surface area contributed by atoms with E-state index in [9.17, 15) is 17.9 Å². The molecule has 1 aliphatic rings. The Labute approximate surface area is 182 Å². The number of hydrogen-bond donors (Lipinski definition) is 0. The van der Waals surface area contributed by atoms with E-state index >= 15 is 0 Å². The molecule has 0 amide bonds. The van der Waals surface area contributed by atoms with Gasteiger partial charge in [-0.05, 0) is 23.8 Å². The molecule has 1 atom stereocenters. The van der Waals surface area contributed by atoms with Gasteiger partial charge in [0.05, 0.1) is 21.8 Å². The van der Waals surface area contributed by atoms with Crippen LogP contribution in [0.25, 0.3) is 5.76 Å². The van der Waals surface area contributed by atoms with Gasteiger partial charge in [-0.15, -0.1) is 0 Å². The highest BCUT2D eigenvalue weighted by Gasteiger charge is 2.31. The highest BCUT2D eigenvalue weighted by molar-refractivity contribution is 8.12. The van der Waals surface area contributed by atoms with Gasteiger partial charge in [0.1, 0.15) is 31.5 Å². The molecule has 0 N–H and O–H groups in total. The summed E-state index contributed by atoms with van der Waals surface area (Å²) >= 11 is 0. The van der Waals surface area contributed by atoms with E-state index in [2.05, 4.69) is 0 Å². The van der Waals surface area contributed by atoms with Gasteiger partial charge in [0.25, 0.3) is 4.92 Å². The maximum absolute atomic E-state index is 13.0. The monoisotopic (exact) mass is 455 g/mol. The molecule has 3 aromatic carbocycles. The quantitative estimate of drug-likeness (QED) is 0.311. The van der Waals surface area contributed by atoms with Gasteiger partial charge in [0, 0.05) is 11.6 Å². The van der Waals surface area contributed by atoms with Crippen LogP contribution in [0.2, 0.25) is 0 Å². The predicted octanol–water partition coefficient (Wildman–Crippen LogP) is 4.40. The van der Waals surface area contributed by atoms with Crippen LogP contribution in [0.15, 0.2) is 94.7 Å². The molecule has 0 aliphatic carbocycles. The zero-order valence-corrected chi connectivity index (χ0v) is 17.9. The van der Waals surface area contributed by atoms with E-state index < -0.39 is 25.8 Å². The first kappa shape index (κ1) is 21.0. The second-order valence-electron chi connectivity index (χ2n) is 6.46. The van der Waals surface area contributed by atoms with E-state index in [1.807, 2.05) is 54.6 Å². The molecule has 0 aromatic heterocycles. The van der Waals surface area contributed by atoms with Crippen molar-refractivity contribution >= 4 is 37.2 Å². The summed E-state index contributed by atoms with van der Waals surface area (Å²) in [5.74, 6) is 0.613. The smallest absolute Gasteiger partial charge is 0.335 e. The van der Waals surface area contributed by atoms with E-state index in [1.165, 1.54) is 18.2 Å². The maximum Gasteiger partial charge on any atom is 0.335 e. The molecular formula is C22H17NO6S2. The third-order valence-corrected chi connectivity index (χ3v) is 7.24. The lowest BCUT2D eigenvalue weighted by molar-refractivity contribution is -0.696. The molecule has 7 nitrogen and oxygen atoms in total. The molecule has 1 heterocycles. The molecule has 0 spiro atoms. The van der Waals surface area contributed by atoms with E-state index in [4.69, 9.17) is 9.02 Å². The van der Waals surface area contributed by atoms with Gasteiger partial charge in [-0.2, -0.15) is 4.28 Å². The number of ether oxygens (including phenoxy) is 1. The van der Waals surface area contributed by atoms with Crippen molar-refractivity contribution in [2.24, 2.45) is 0 Å². The van der Waals surface area contributed by atoms with Crippen LogP contribution in [-0.4, -0.2) is 29.9 Å². The Morgan fingerprint density at radius 2 is 1.55 bits per heavy atom. The Morgan fingerprint density at radius 1 is 0.903 bits per heavy atom. The molecule has 4 rings (SSSR count). The van der Waals surface area contributed by atoms with Crippen LogP contribution in [0, 0.1) is 4.91 Å². The van der Waals surface area contributed by atoms with Crippen molar-refractivity contribution in [3.8, 4) is 0 Å². The fourth-order valence-electron chi connectivity index (χ4n) is 3.17. The van der Waals surface area contributed by atoms with Crippen LogP contribution in [0.3, 0.4) is 0 Å². The lowest BCUT2D eigenvalue weighted by Crippen LogP contribution is -2.12. The summed E-state index contributed by atoms with van der Waals surface area (Å²) in [5, 5.41) is 0. The summed E-state index contributed by atoms with van der Waals surface area (Å²) in [6, 6.07) is 21.8. The second-order valence-corrected chi connectivity index (χ2v) is 9.38. The van der Waals surface area contributed by atoms with E-state index in [-0.39, 0.29) is 10.6 Å². The second kappa shape index (κ2) is 8.46. The third kappa shape index (κ3) is 4.15. The SMILES string of the molecule is COC1=CC(c2ccccc2)=S(O[N+](=O)c2ccccc2S(=O)(=O)[O-])c2ccccc21. The summed E-state index contributed by atoms with van der Waals surface area (Å²) in [6.07, 6.45) is 1.80. The Kier molecular flexibility index (Phi) is 5.73. The van der Waals surface area contributed by atoms with Gasteiger partial charge in [0.2, 0.25) is 0 Å². The van der Waals surface area contributed by atoms with Gasteiger partial charge >= 0.3 is 5.69 Å². The number of allylic oxidation sites excluding steroid dienone is 1. The van der Waals surface area contributed by atoms with Gasteiger partial charge in [-0.1, -0.05) is 60.7 Å².